The molecule has 0 spiro atoms. The monoisotopic (exact) mass is 405 g/mol. The molecule has 1 aliphatic carbocycles. The first-order valence-corrected chi connectivity index (χ1v) is 9.79. The van der Waals surface area contributed by atoms with Gasteiger partial charge in [-0.2, -0.15) is 0 Å². The van der Waals surface area contributed by atoms with Gasteiger partial charge in [0, 0.05) is 5.70 Å². The van der Waals surface area contributed by atoms with Gasteiger partial charge in [0.15, 0.2) is 5.49 Å². The number of fused-ring (bicyclic) bond motifs is 2. The van der Waals surface area contributed by atoms with Gasteiger partial charge in [0.05, 0.1) is 23.3 Å². The Morgan fingerprint density at radius 2 is 2.20 bits per heavy atom. The fourth-order valence-electron chi connectivity index (χ4n) is 3.75. The van der Waals surface area contributed by atoms with Crippen LogP contribution in [0.25, 0.3) is 22.4 Å². The highest BCUT2D eigenvalue weighted by atomic mass is 19.1. The van der Waals surface area contributed by atoms with Gasteiger partial charge in [0.25, 0.3) is 5.56 Å². The summed E-state index contributed by atoms with van der Waals surface area (Å²) in [5, 5.41) is 7.49. The zero-order valence-electron chi connectivity index (χ0n) is 16.3. The van der Waals surface area contributed by atoms with E-state index < -0.39 is 5.82 Å². The molecule has 1 atom stereocenters. The van der Waals surface area contributed by atoms with Crippen molar-refractivity contribution in [1.82, 2.24) is 30.2 Å². The Morgan fingerprint density at radius 1 is 1.30 bits per heavy atom. The Morgan fingerprint density at radius 3 is 3.03 bits per heavy atom. The Kier molecular flexibility index (Phi) is 4.42. The standard InChI is InChI=1S/C21H20FN7O/c1-12(27-19-17-18(24-10-23-17)25-11-26-19)20-28-16-8-7-13(22)9-15(16)21(30)29(20)14-5-3-2-4-6-14/h3,5-10,12,26-27H,2,4,11H2,1H3,(H,23,24,25)/t12-/m0/s1. The van der Waals surface area contributed by atoms with Crippen molar-refractivity contribution in [3.63, 3.8) is 0 Å². The van der Waals surface area contributed by atoms with Gasteiger partial charge in [-0.05, 0) is 44.0 Å². The van der Waals surface area contributed by atoms with E-state index in [1.807, 2.05) is 25.2 Å². The van der Waals surface area contributed by atoms with Crippen LogP contribution in [0.15, 0.2) is 52.5 Å². The van der Waals surface area contributed by atoms with E-state index in [1.54, 1.807) is 10.9 Å². The molecule has 3 N–H and O–H groups in total. The number of benzene rings is 1. The second-order valence-corrected chi connectivity index (χ2v) is 7.21. The second kappa shape index (κ2) is 7.25. The van der Waals surface area contributed by atoms with Crippen molar-refractivity contribution in [3.8, 4) is 0 Å². The molecule has 1 aromatic carbocycles. The van der Waals surface area contributed by atoms with Gasteiger partial charge in [-0.3, -0.25) is 9.36 Å². The van der Waals surface area contributed by atoms with E-state index in [2.05, 4.69) is 25.6 Å². The average Bonchev–Trinajstić information content (AvgIpc) is 3.24. The number of nitrogens with zero attached hydrogens (tertiary/aromatic N) is 4. The molecule has 5 rings (SSSR count). The maximum Gasteiger partial charge on any atom is 0.266 e. The van der Waals surface area contributed by atoms with Gasteiger partial charge >= 0.3 is 0 Å². The largest absolute Gasteiger partial charge is 0.360 e. The molecule has 1 aliphatic heterocycles. The molecule has 2 aromatic heterocycles. The van der Waals surface area contributed by atoms with Crippen molar-refractivity contribution < 1.29 is 4.39 Å². The van der Waals surface area contributed by atoms with Crippen LogP contribution in [0.1, 0.15) is 31.6 Å². The summed E-state index contributed by atoms with van der Waals surface area (Å²) in [7, 11) is 0. The highest BCUT2D eigenvalue weighted by molar-refractivity contribution is 5.79. The Labute approximate surface area is 170 Å². The van der Waals surface area contributed by atoms with Crippen LogP contribution in [-0.2, 0) is 0 Å². The van der Waals surface area contributed by atoms with E-state index in [1.165, 1.54) is 18.2 Å². The molecular weight excluding hydrogens is 385 g/mol. The number of aromatic nitrogens is 4. The minimum absolute atomic E-state index is 0.252. The molecule has 3 heterocycles. The molecule has 9 heteroatoms. The second-order valence-electron chi connectivity index (χ2n) is 7.21. The minimum atomic E-state index is -0.461. The fourth-order valence-corrected chi connectivity index (χ4v) is 3.75. The normalized spacial score (nSPS) is 16.5. The summed E-state index contributed by atoms with van der Waals surface area (Å²) < 4.78 is 15.4. The van der Waals surface area contributed by atoms with Crippen LogP contribution < -0.4 is 27.0 Å². The minimum Gasteiger partial charge on any atom is -0.360 e. The summed E-state index contributed by atoms with van der Waals surface area (Å²) in [6, 6.07) is 3.75. The molecule has 30 heavy (non-hydrogen) atoms. The van der Waals surface area contributed by atoms with Crippen molar-refractivity contribution in [1.29, 1.82) is 0 Å². The van der Waals surface area contributed by atoms with Gasteiger partial charge in [-0.1, -0.05) is 12.2 Å². The van der Waals surface area contributed by atoms with Crippen LogP contribution in [0.4, 0.5) is 4.39 Å². The number of allylic oxidation sites excluding steroid dienone is 4. The van der Waals surface area contributed by atoms with Gasteiger partial charge < -0.3 is 15.6 Å². The molecule has 0 fully saturated rings. The van der Waals surface area contributed by atoms with E-state index in [4.69, 9.17) is 4.98 Å². The van der Waals surface area contributed by atoms with E-state index in [0.717, 1.165) is 18.5 Å². The van der Waals surface area contributed by atoms with E-state index in [9.17, 15) is 9.18 Å². The molecule has 3 aromatic rings. The number of hydrogen-bond acceptors (Lipinski definition) is 6. The molecular formula is C21H20FN7O. The lowest BCUT2D eigenvalue weighted by Crippen LogP contribution is -2.44. The Balaban J connectivity index is 1.68. The van der Waals surface area contributed by atoms with Crippen molar-refractivity contribution >= 4 is 22.4 Å². The number of H-pyrrole nitrogens is 1. The average molecular weight is 405 g/mol. The van der Waals surface area contributed by atoms with Crippen LogP contribution in [-0.4, -0.2) is 26.2 Å². The lowest BCUT2D eigenvalue weighted by Gasteiger charge is -2.23. The predicted molar refractivity (Wildman–Crippen MR) is 111 cm³/mol. The Hall–Kier alpha value is -3.75. The van der Waals surface area contributed by atoms with Crippen LogP contribution in [0, 0.1) is 5.82 Å². The molecule has 0 amide bonds. The smallest absolute Gasteiger partial charge is 0.266 e. The first-order valence-electron chi connectivity index (χ1n) is 9.79. The zero-order valence-corrected chi connectivity index (χ0v) is 16.3. The summed E-state index contributed by atoms with van der Waals surface area (Å²) in [4.78, 5) is 29.7. The molecule has 8 nitrogen and oxygen atoms in total. The van der Waals surface area contributed by atoms with Crippen LogP contribution in [0.2, 0.25) is 0 Å². The SMILES string of the molecule is C[C@H](NC1=c2nc[nH]c2=NCN1)c1nc2ccc(F)cc2c(=O)n1C1=CCCC=C1. The van der Waals surface area contributed by atoms with Crippen molar-refractivity contribution in [2.75, 3.05) is 6.67 Å². The number of nitrogens with one attached hydrogen (secondary N) is 3. The summed E-state index contributed by atoms with van der Waals surface area (Å²) >= 11 is 0. The van der Waals surface area contributed by atoms with Crippen LogP contribution >= 0.6 is 0 Å². The topological polar surface area (TPSA) is 100.0 Å². The van der Waals surface area contributed by atoms with Crippen LogP contribution in [0.3, 0.4) is 0 Å². The third kappa shape index (κ3) is 3.08. The fraction of sp³-hybridized carbons (Fsp3) is 0.238. The maximum atomic E-state index is 13.8. The van der Waals surface area contributed by atoms with Gasteiger partial charge in [0.2, 0.25) is 0 Å². The first-order chi connectivity index (χ1) is 14.6. The summed E-state index contributed by atoms with van der Waals surface area (Å²) in [6.45, 7) is 2.34. The molecule has 0 saturated carbocycles. The van der Waals surface area contributed by atoms with Gasteiger partial charge in [-0.15, -0.1) is 0 Å². The Bertz CT molecular complexity index is 1380. The number of halogens is 1. The third-order valence-corrected chi connectivity index (χ3v) is 5.19. The molecule has 0 bridgehead atoms. The lowest BCUT2D eigenvalue weighted by molar-refractivity contribution is 0.596. The van der Waals surface area contributed by atoms with Crippen molar-refractivity contribution in [2.45, 2.75) is 25.8 Å². The predicted octanol–water partition coefficient (Wildman–Crippen LogP) is 1.05. The number of imidazole rings is 1. The summed E-state index contributed by atoms with van der Waals surface area (Å²) in [5.74, 6) is 0.782. The molecule has 2 aliphatic rings. The molecule has 152 valence electrons. The van der Waals surface area contributed by atoms with Crippen LogP contribution in [0.5, 0.6) is 0 Å². The maximum absolute atomic E-state index is 13.8. The zero-order chi connectivity index (χ0) is 20.7. The highest BCUT2D eigenvalue weighted by Gasteiger charge is 2.21. The summed E-state index contributed by atoms with van der Waals surface area (Å²) in [5.41, 5.74) is 1.60. The summed E-state index contributed by atoms with van der Waals surface area (Å²) in [6.07, 6.45) is 9.27. The first kappa shape index (κ1) is 18.3. The van der Waals surface area contributed by atoms with E-state index in [0.29, 0.717) is 34.7 Å². The van der Waals surface area contributed by atoms with E-state index in [-0.39, 0.29) is 17.0 Å². The van der Waals surface area contributed by atoms with Crippen molar-refractivity contribution in [3.05, 3.63) is 75.6 Å². The molecule has 0 saturated heterocycles. The molecule has 0 unspecified atom stereocenters. The highest BCUT2D eigenvalue weighted by Crippen LogP contribution is 2.21. The number of rotatable bonds is 4. The van der Waals surface area contributed by atoms with Crippen molar-refractivity contribution in [2.24, 2.45) is 4.99 Å². The lowest BCUT2D eigenvalue weighted by atomic mass is 10.1. The quantitative estimate of drug-likeness (QED) is 0.603. The third-order valence-electron chi connectivity index (χ3n) is 5.19. The van der Waals surface area contributed by atoms with Gasteiger partial charge in [-0.25, -0.2) is 19.4 Å². The number of hydrogen-bond donors (Lipinski definition) is 3. The van der Waals surface area contributed by atoms with E-state index >= 15 is 0 Å². The van der Waals surface area contributed by atoms with Gasteiger partial charge in [0.1, 0.15) is 29.5 Å². The molecule has 0 radical (unpaired) electrons. The number of aromatic amines is 1.